The zero-order chi connectivity index (χ0) is 104. The molecule has 0 radical (unpaired) electrons. The Labute approximate surface area is 855 Å². The van der Waals surface area contributed by atoms with E-state index in [1.54, 1.807) is 97.7 Å². The van der Waals surface area contributed by atoms with Gasteiger partial charge in [-0.15, -0.1) is 5.10 Å². The predicted octanol–water partition coefficient (Wildman–Crippen LogP) is 8.08. The summed E-state index contributed by atoms with van der Waals surface area (Å²) >= 11 is 0. The fourth-order valence-corrected chi connectivity index (χ4v) is 11.4. The normalized spacial score (nSPS) is 11.0. The molecule has 0 unspecified atom stereocenters. The van der Waals surface area contributed by atoms with Gasteiger partial charge in [0, 0.05) is 91.5 Å². The summed E-state index contributed by atoms with van der Waals surface area (Å²) in [6.07, 6.45) is -1.87. The van der Waals surface area contributed by atoms with E-state index in [0.717, 1.165) is 68.3 Å². The van der Waals surface area contributed by atoms with Crippen molar-refractivity contribution in [1.82, 2.24) is 101 Å². The van der Waals surface area contributed by atoms with Crippen LogP contribution in [0.2, 0.25) is 0 Å². The molecule has 1 aliphatic heterocycles. The number of halogens is 5. The summed E-state index contributed by atoms with van der Waals surface area (Å²) in [6.45, 7) is 45.5. The van der Waals surface area contributed by atoms with Gasteiger partial charge < -0.3 is 130 Å². The summed E-state index contributed by atoms with van der Waals surface area (Å²) in [5.74, 6) is -2.10. The molecule has 5 aromatic heterocycles. The first-order valence-electron chi connectivity index (χ1n) is 45.9. The Kier molecular flexibility index (Phi) is 75.4. The van der Waals surface area contributed by atoms with Gasteiger partial charge in [-0.1, -0.05) is 105 Å². The molecule has 13 N–H and O–H groups in total. The molecule has 9 rings (SSSR count). The number of amides is 4. The summed E-state index contributed by atoms with van der Waals surface area (Å²) in [4.78, 5) is 86.9. The summed E-state index contributed by atoms with van der Waals surface area (Å²) < 4.78 is 87.7. The molecule has 3 aromatic carbocycles. The minimum absolute atomic E-state index is 0. The molecule has 6 heterocycles. The van der Waals surface area contributed by atoms with Crippen LogP contribution in [-0.2, 0) is 96.0 Å². The molecule has 0 spiro atoms. The second kappa shape index (κ2) is 77.9. The van der Waals surface area contributed by atoms with Crippen LogP contribution in [0.5, 0.6) is 5.88 Å². The molecular weight excluding hydrogens is 1920 g/mol. The number of likely N-dealkylation sites (N-methyl/N-ethyl adjacent to an activating group) is 6. The van der Waals surface area contributed by atoms with Crippen LogP contribution in [0.25, 0.3) is 0 Å². The smallest absolute Gasteiger partial charge is 1.00 e. The van der Waals surface area contributed by atoms with Crippen LogP contribution < -0.4 is 38.5 Å². The number of pyridine rings is 1. The number of aliphatic hydroxyl groups is 6. The Morgan fingerprint density at radius 2 is 0.851 bits per heavy atom. The van der Waals surface area contributed by atoms with Crippen LogP contribution in [-0.4, -0.2) is 331 Å². The Morgan fingerprint density at radius 1 is 0.504 bits per heavy atom. The first kappa shape index (κ1) is 137. The molecule has 8 aromatic rings. The third-order valence-electron chi connectivity index (χ3n) is 18.1. The first-order valence-corrected chi connectivity index (χ1v) is 45.2. The third kappa shape index (κ3) is 59.1. The van der Waals surface area contributed by atoms with Gasteiger partial charge in [0.2, 0.25) is 5.88 Å². The van der Waals surface area contributed by atoms with Gasteiger partial charge in [0.05, 0.1) is 89.6 Å². The van der Waals surface area contributed by atoms with E-state index in [4.69, 9.17) is 55.9 Å². The van der Waals surface area contributed by atoms with Gasteiger partial charge >= 0.3 is 59.4 Å². The van der Waals surface area contributed by atoms with Crippen LogP contribution >= 0.6 is 0 Å². The molecule has 4 amide bonds. The van der Waals surface area contributed by atoms with E-state index >= 15 is 0 Å². The fourth-order valence-electron chi connectivity index (χ4n) is 11.4. The molecule has 1 aliphatic rings. The van der Waals surface area contributed by atoms with Crippen molar-refractivity contribution in [2.75, 3.05) is 139 Å². The van der Waals surface area contributed by atoms with E-state index in [9.17, 15) is 61.6 Å². The van der Waals surface area contributed by atoms with Crippen molar-refractivity contribution in [3.8, 4) is 5.88 Å². The number of nitrogens with one attached hydrogen (secondary N) is 4. The van der Waals surface area contributed by atoms with Crippen LogP contribution in [0.1, 0.15) is 202 Å². The minimum atomic E-state index is -4.54. The number of rotatable bonds is 39. The van der Waals surface area contributed by atoms with Gasteiger partial charge in [-0.05, 0) is 179 Å². The SMILES string of the molecule is C1CCOC1.CCN(CCO)C(=O)OCc1ccccc1.CCN(CCn1nc(C)c(C(C)(C)O)n1)C(=O)OCc1ccccc1.CCN(CCn1nc(C)c(C(C)(C)O)n1)C(=O)c1cccnc1OCC(F)(F)F.CCNCCO.CCNCCn1nc(C)c(C(C)(C)O)n1.CCO.CCOC(=O)C(=N)C(C)=N.CCOC(=O)c1nn(CCN(CC)C(=O)OCc2ccccc2)nc1C.N.[2H]CF.[Br-].[CH3-].[Mg+2]. The van der Waals surface area contributed by atoms with Gasteiger partial charge in [-0.2, -0.15) is 68.0 Å². The number of benzene rings is 3. The number of hydrogen-bond donors (Lipinski definition) is 11. The number of alkyl halides is 4. The standard InChI is InChI=1S/C18H24F3N5O3.C18H24N4O4.C18H26N4O3.C12H17NO3.C10H20N4O.C6H10N2O2.C4H11NO.C4H8O.C2H6O.CH3F.CH3.BrH.Mg.H3N/c1-5-25(9-10-26-23-12(2)14(24-26)17(3,4)28)16(27)13-7-6-8-22-15(13)29-11-18(19,20)21;1-4-21(18(24)26-13-15-9-7-6-8-10-15)11-12-22-19-14(3)16(20-22)17(23)25-5-2;1-5-21(17(23)25-13-15-9-7-6-8-10-15)11-12-22-19-14(2)16(20-22)18(3,4)24;1-2-13(8-9-14)12(15)16-10-11-6-4-3-5-7-11;1-5-11-6-7-14-12-8(2)9(13-14)10(3,4)15;1-3-10-6(9)5(8)4(2)7;1-2-5-3-4-6;1-2-4-5-3-1;1-2-3;1-2;;;;/h6-8,28H,5,9-11H2,1-4H3;6-10H,4-5,11-13H2,1-3H3;6-10,24H,5,11-13H2,1-4H3;3-7,14H,2,8-10H2,1H3;11,15H,5-7H2,1-4H3;7-8H,3H2,1-2H3;5-6H,2-4H2,1H3;1-4H2;3H,2H2,1H3;1H3;1H3;1H;;1H3/q;;;;;;;;;;-1;;+2;/p-1/i;;;;;;;;;1D;;;;. The quantitative estimate of drug-likeness (QED) is 0.00330. The van der Waals surface area contributed by atoms with E-state index in [2.05, 4.69) is 68.1 Å². The van der Waals surface area contributed by atoms with Crippen molar-refractivity contribution < 1.29 is 128 Å². The van der Waals surface area contributed by atoms with Crippen molar-refractivity contribution in [2.45, 2.75) is 220 Å². The van der Waals surface area contributed by atoms with Crippen LogP contribution in [0, 0.1) is 45.9 Å². The van der Waals surface area contributed by atoms with E-state index in [-0.39, 0.29) is 160 Å². The summed E-state index contributed by atoms with van der Waals surface area (Å²) in [5.41, 5.74) is 3.60. The molecule has 0 atom stereocenters. The molecule has 41 nitrogen and oxygen atoms in total. The molecule has 0 aliphatic carbocycles. The molecule has 1 fully saturated rings. The van der Waals surface area contributed by atoms with Crippen molar-refractivity contribution >= 4 is 70.6 Å². The van der Waals surface area contributed by atoms with Crippen LogP contribution in [0.15, 0.2) is 109 Å². The summed E-state index contributed by atoms with van der Waals surface area (Å²) in [7, 11) is -1.00. The van der Waals surface area contributed by atoms with Crippen molar-refractivity contribution in [3.63, 3.8) is 0 Å². The Bertz CT molecular complexity index is 4690. The topological polar surface area (TPSA) is 544 Å². The van der Waals surface area contributed by atoms with E-state index in [1.165, 1.54) is 62.3 Å². The monoisotopic (exact) mass is 2080 g/mol. The maximum Gasteiger partial charge on any atom is 2.00 e. The van der Waals surface area contributed by atoms with Crippen molar-refractivity contribution in [2.24, 2.45) is 0 Å². The summed E-state index contributed by atoms with van der Waals surface area (Å²) in [6, 6.07) is 31.4. The number of carbonyl (C=O) groups is 6. The maximum absolute atomic E-state index is 12.8. The van der Waals surface area contributed by atoms with Gasteiger partial charge in [0.15, 0.2) is 18.0 Å². The predicted molar refractivity (Wildman–Crippen MR) is 526 cm³/mol. The molecule has 1 saturated heterocycles. The van der Waals surface area contributed by atoms with Gasteiger partial charge in [-0.3, -0.25) is 14.6 Å². The Balaban J connectivity index is -0.000000519. The number of carbonyl (C=O) groups excluding carboxylic acids is 6. The number of aryl methyl sites for hydroxylation is 4. The van der Waals surface area contributed by atoms with Gasteiger partial charge in [0.25, 0.3) is 5.91 Å². The van der Waals surface area contributed by atoms with Crippen LogP contribution in [0.4, 0.5) is 31.9 Å². The molecule has 0 bridgehead atoms. The number of hydrogen-bond acceptors (Lipinski definition) is 33. The number of esters is 2. The van der Waals surface area contributed by atoms with E-state index < -0.39 is 60.7 Å². The minimum Gasteiger partial charge on any atom is -1.00 e. The first-order chi connectivity index (χ1) is 65.3. The number of aliphatic hydroxyl groups excluding tert-OH is 3. The van der Waals surface area contributed by atoms with E-state index in [0.29, 0.717) is 93.1 Å². The van der Waals surface area contributed by atoms with Gasteiger partial charge in [0.1, 0.15) is 59.3 Å². The van der Waals surface area contributed by atoms with Gasteiger partial charge in [-0.25, -0.2) is 29.0 Å². The largest absolute Gasteiger partial charge is 2.00 e. The molecular formula is C94H155BrF4MgN22O19. The van der Waals surface area contributed by atoms with Crippen molar-refractivity contribution in [1.29, 1.82) is 10.8 Å². The molecule has 47 heteroatoms. The fraction of sp³-hybridized carbons (Fsp3) is 0.574. The number of aromatic nitrogens is 13. The number of nitrogens with zero attached hydrogens (tertiary/aromatic N) is 17. The average molecular weight is 2080 g/mol. The average Bonchev–Trinajstić information content (AvgIpc) is 1.55. The Morgan fingerprint density at radius 3 is 1.16 bits per heavy atom. The maximum atomic E-state index is 12.8. The molecule has 792 valence electrons. The van der Waals surface area contributed by atoms with E-state index in [1.807, 2.05) is 133 Å². The third-order valence-corrected chi connectivity index (χ3v) is 18.1. The van der Waals surface area contributed by atoms with Crippen molar-refractivity contribution in [3.05, 3.63) is 185 Å². The Hall–Kier alpha value is -10.7. The second-order valence-electron chi connectivity index (χ2n) is 30.8. The molecule has 141 heavy (non-hydrogen) atoms. The zero-order valence-corrected chi connectivity index (χ0v) is 89.0. The number of ether oxygens (including phenoxy) is 7. The van der Waals surface area contributed by atoms with Crippen LogP contribution in [0.3, 0.4) is 0 Å². The molecule has 0 saturated carbocycles. The summed E-state index contributed by atoms with van der Waals surface area (Å²) in [5, 5.41) is 108. The second-order valence-corrected chi connectivity index (χ2v) is 30.8. The zero-order valence-electron chi connectivity index (χ0n) is 87.0.